The molecule has 8 nitrogen and oxygen atoms in total. The zero-order valence-corrected chi connectivity index (χ0v) is 14.8. The van der Waals surface area contributed by atoms with Gasteiger partial charge in [-0.25, -0.2) is 4.98 Å². The second-order valence-corrected chi connectivity index (χ2v) is 6.51. The lowest BCUT2D eigenvalue weighted by molar-refractivity contribution is -0.384. The van der Waals surface area contributed by atoms with Gasteiger partial charge in [0.15, 0.2) is 5.69 Å². The molecular formula is C18H14F3N5O3. The van der Waals surface area contributed by atoms with Crippen LogP contribution in [0.1, 0.15) is 12.1 Å². The molecule has 4 rings (SSSR count). The quantitative estimate of drug-likeness (QED) is 0.376. The van der Waals surface area contributed by atoms with Gasteiger partial charge in [0.1, 0.15) is 0 Å². The van der Waals surface area contributed by atoms with Crippen molar-refractivity contribution in [2.75, 3.05) is 0 Å². The molecule has 150 valence electrons. The summed E-state index contributed by atoms with van der Waals surface area (Å²) in [6.07, 6.45) is 1.28. The van der Waals surface area contributed by atoms with Crippen molar-refractivity contribution in [2.24, 2.45) is 0 Å². The molecule has 0 aliphatic rings. The van der Waals surface area contributed by atoms with Crippen LogP contribution < -0.4 is 5.56 Å². The Labute approximate surface area is 160 Å². The molecule has 1 aromatic carbocycles. The number of fused-ring (bicyclic) bond motifs is 2. The number of hydrogen-bond donors (Lipinski definition) is 0. The Kier molecular flexibility index (Phi) is 4.36. The maximum absolute atomic E-state index is 12.8. The summed E-state index contributed by atoms with van der Waals surface area (Å²) in [4.78, 5) is 26.2. The first-order chi connectivity index (χ1) is 13.7. The molecule has 0 spiro atoms. The zero-order valence-electron chi connectivity index (χ0n) is 14.8. The van der Waals surface area contributed by atoms with Crippen LogP contribution in [0.3, 0.4) is 0 Å². The van der Waals surface area contributed by atoms with E-state index in [2.05, 4.69) is 4.98 Å². The standard InChI is InChI=1S/C18H14F3N5O3/c19-18(20,21)15-11-25-9-8-24(17(27)16(25)22-15)6-1-5-23-7-4-12-10-13(26(28)29)2-3-14(12)23/h2-4,7-11H,1,5-6H2. The van der Waals surface area contributed by atoms with Crippen molar-refractivity contribution < 1.29 is 18.1 Å². The van der Waals surface area contributed by atoms with Gasteiger partial charge in [-0.05, 0) is 18.6 Å². The molecule has 29 heavy (non-hydrogen) atoms. The second-order valence-electron chi connectivity index (χ2n) is 6.51. The van der Waals surface area contributed by atoms with Crippen molar-refractivity contribution in [3.63, 3.8) is 0 Å². The predicted molar refractivity (Wildman–Crippen MR) is 97.7 cm³/mol. The number of nitro groups is 1. The summed E-state index contributed by atoms with van der Waals surface area (Å²) in [6, 6.07) is 6.34. The topological polar surface area (TPSA) is 87.4 Å². The molecule has 3 heterocycles. The number of non-ortho nitro benzene ring substituents is 1. The van der Waals surface area contributed by atoms with Gasteiger partial charge in [-0.3, -0.25) is 14.9 Å². The fourth-order valence-corrected chi connectivity index (χ4v) is 3.23. The van der Waals surface area contributed by atoms with Crippen molar-refractivity contribution in [1.82, 2.24) is 18.5 Å². The number of nitro benzene ring substituents is 1. The fourth-order valence-electron chi connectivity index (χ4n) is 3.23. The molecule has 0 atom stereocenters. The molecule has 4 aromatic rings. The lowest BCUT2D eigenvalue weighted by atomic mass is 10.2. The van der Waals surface area contributed by atoms with E-state index in [0.29, 0.717) is 13.0 Å². The highest BCUT2D eigenvalue weighted by atomic mass is 19.4. The van der Waals surface area contributed by atoms with E-state index in [-0.39, 0.29) is 17.9 Å². The van der Waals surface area contributed by atoms with Gasteiger partial charge in [-0.2, -0.15) is 13.2 Å². The Hall–Kier alpha value is -3.63. The minimum Gasteiger partial charge on any atom is -0.347 e. The number of aromatic nitrogens is 4. The zero-order chi connectivity index (χ0) is 20.8. The van der Waals surface area contributed by atoms with Gasteiger partial charge >= 0.3 is 6.18 Å². The number of hydrogen-bond acceptors (Lipinski definition) is 4. The molecule has 0 saturated carbocycles. The summed E-state index contributed by atoms with van der Waals surface area (Å²) in [5.41, 5.74) is -1.16. The fraction of sp³-hybridized carbons (Fsp3) is 0.222. The molecule has 0 saturated heterocycles. The van der Waals surface area contributed by atoms with Crippen molar-refractivity contribution in [3.05, 3.63) is 75.2 Å². The number of rotatable bonds is 5. The van der Waals surface area contributed by atoms with Gasteiger partial charge in [0, 0.05) is 60.9 Å². The lowest BCUT2D eigenvalue weighted by Gasteiger charge is -2.08. The molecule has 3 aromatic heterocycles. The van der Waals surface area contributed by atoms with Crippen LogP contribution in [0.5, 0.6) is 0 Å². The van der Waals surface area contributed by atoms with Gasteiger partial charge in [-0.1, -0.05) is 0 Å². The van der Waals surface area contributed by atoms with Crippen LogP contribution in [0, 0.1) is 10.1 Å². The molecule has 0 bridgehead atoms. The SMILES string of the molecule is O=c1c2nc(C(F)(F)F)cn2ccn1CCCn1ccc2cc([N+](=O)[O-])ccc21. The molecule has 11 heteroatoms. The van der Waals surface area contributed by atoms with Gasteiger partial charge in [-0.15, -0.1) is 0 Å². The summed E-state index contributed by atoms with van der Waals surface area (Å²) >= 11 is 0. The predicted octanol–water partition coefficient (Wildman–Crippen LogP) is 3.47. The van der Waals surface area contributed by atoms with Gasteiger partial charge < -0.3 is 13.5 Å². The number of nitrogens with zero attached hydrogens (tertiary/aromatic N) is 5. The van der Waals surface area contributed by atoms with Gasteiger partial charge in [0.2, 0.25) is 5.65 Å². The van der Waals surface area contributed by atoms with E-state index in [1.54, 1.807) is 18.3 Å². The number of aryl methyl sites for hydroxylation is 2. The minimum atomic E-state index is -4.62. The third kappa shape index (κ3) is 3.46. The summed E-state index contributed by atoms with van der Waals surface area (Å²) in [5.74, 6) is 0. The van der Waals surface area contributed by atoms with Crippen LogP contribution in [-0.2, 0) is 19.3 Å². The Morgan fingerprint density at radius 1 is 1.07 bits per heavy atom. The van der Waals surface area contributed by atoms with Crippen LogP contribution in [0.25, 0.3) is 16.6 Å². The summed E-state index contributed by atoms with van der Waals surface area (Å²) in [7, 11) is 0. The van der Waals surface area contributed by atoms with Crippen molar-refractivity contribution in [2.45, 2.75) is 25.7 Å². The monoisotopic (exact) mass is 405 g/mol. The second kappa shape index (κ2) is 6.76. The normalized spacial score (nSPS) is 12.1. The third-order valence-electron chi connectivity index (χ3n) is 4.65. The van der Waals surface area contributed by atoms with Crippen molar-refractivity contribution in [1.29, 1.82) is 0 Å². The van der Waals surface area contributed by atoms with E-state index in [1.807, 2.05) is 4.57 Å². The number of benzene rings is 1. The highest BCUT2D eigenvalue weighted by molar-refractivity contribution is 5.82. The molecule has 0 unspecified atom stereocenters. The van der Waals surface area contributed by atoms with E-state index in [0.717, 1.165) is 21.5 Å². The molecule has 0 amide bonds. The Balaban J connectivity index is 1.52. The van der Waals surface area contributed by atoms with E-state index in [1.165, 1.54) is 29.1 Å². The average molecular weight is 405 g/mol. The van der Waals surface area contributed by atoms with Crippen LogP contribution in [0.4, 0.5) is 18.9 Å². The van der Waals surface area contributed by atoms with E-state index < -0.39 is 22.4 Å². The Bertz CT molecular complexity index is 1290. The number of halogens is 3. The molecule has 0 fully saturated rings. The first-order valence-electron chi connectivity index (χ1n) is 8.63. The Morgan fingerprint density at radius 2 is 1.83 bits per heavy atom. The highest BCUT2D eigenvalue weighted by Gasteiger charge is 2.34. The highest BCUT2D eigenvalue weighted by Crippen LogP contribution is 2.27. The van der Waals surface area contributed by atoms with Crippen LogP contribution in [0.2, 0.25) is 0 Å². The smallest absolute Gasteiger partial charge is 0.347 e. The minimum absolute atomic E-state index is 0.00743. The third-order valence-corrected chi connectivity index (χ3v) is 4.65. The first kappa shape index (κ1) is 18.7. The summed E-state index contributed by atoms with van der Waals surface area (Å²) in [6.45, 7) is 0.817. The van der Waals surface area contributed by atoms with Crippen LogP contribution >= 0.6 is 0 Å². The largest absolute Gasteiger partial charge is 0.434 e. The van der Waals surface area contributed by atoms with Gasteiger partial charge in [0.25, 0.3) is 11.2 Å². The maximum atomic E-state index is 12.8. The van der Waals surface area contributed by atoms with Crippen molar-refractivity contribution in [3.8, 4) is 0 Å². The lowest BCUT2D eigenvalue weighted by Crippen LogP contribution is -2.22. The summed E-state index contributed by atoms with van der Waals surface area (Å²) in [5, 5.41) is 11.6. The number of alkyl halides is 3. The van der Waals surface area contributed by atoms with E-state index >= 15 is 0 Å². The first-order valence-corrected chi connectivity index (χ1v) is 8.63. The van der Waals surface area contributed by atoms with E-state index in [9.17, 15) is 28.1 Å². The summed E-state index contributed by atoms with van der Waals surface area (Å²) < 4.78 is 42.7. The van der Waals surface area contributed by atoms with Gasteiger partial charge in [0.05, 0.1) is 4.92 Å². The number of imidazole rings is 1. The Morgan fingerprint density at radius 3 is 2.55 bits per heavy atom. The molecule has 0 aliphatic heterocycles. The molecular weight excluding hydrogens is 391 g/mol. The average Bonchev–Trinajstić information content (AvgIpc) is 3.28. The molecule has 0 N–H and O–H groups in total. The van der Waals surface area contributed by atoms with Crippen LogP contribution in [0.15, 0.2) is 53.8 Å². The maximum Gasteiger partial charge on any atom is 0.434 e. The molecule has 0 aliphatic carbocycles. The molecule has 0 radical (unpaired) electrons. The van der Waals surface area contributed by atoms with Crippen molar-refractivity contribution >= 4 is 22.2 Å². The van der Waals surface area contributed by atoms with E-state index in [4.69, 9.17) is 0 Å². The van der Waals surface area contributed by atoms with Crippen LogP contribution in [-0.4, -0.2) is 23.4 Å².